The summed E-state index contributed by atoms with van der Waals surface area (Å²) in [4.78, 5) is 6.92. The number of methoxy groups -OCH3 is 1. The van der Waals surface area contributed by atoms with Crippen molar-refractivity contribution < 1.29 is 4.74 Å². The second-order valence-corrected chi connectivity index (χ2v) is 6.42. The van der Waals surface area contributed by atoms with Crippen molar-refractivity contribution in [3.63, 3.8) is 0 Å². The Morgan fingerprint density at radius 2 is 2.37 bits per heavy atom. The average molecular weight is 393 g/mol. The Morgan fingerprint density at radius 3 is 3.11 bits per heavy atom. The molecule has 1 aliphatic heterocycles. The Hall–Kier alpha value is -0.170. The standard InChI is InChI=1S/C13H19Br2N3O/c1-19-6-4-16-9-11-3-2-5-18(11)13-12(15)7-10(14)8-17-13/h7-8,11,16H,2-6,9H2,1H3. The molecule has 1 unspecified atom stereocenters. The zero-order chi connectivity index (χ0) is 13.7. The summed E-state index contributed by atoms with van der Waals surface area (Å²) >= 11 is 7.05. The zero-order valence-electron chi connectivity index (χ0n) is 11.0. The SMILES string of the molecule is COCCNCC1CCCN1c1ncc(Br)cc1Br. The van der Waals surface area contributed by atoms with Crippen molar-refractivity contribution in [3.8, 4) is 0 Å². The van der Waals surface area contributed by atoms with E-state index in [0.717, 1.165) is 41.0 Å². The number of hydrogen-bond donors (Lipinski definition) is 1. The lowest BCUT2D eigenvalue weighted by molar-refractivity contribution is 0.199. The van der Waals surface area contributed by atoms with E-state index in [2.05, 4.69) is 53.1 Å². The van der Waals surface area contributed by atoms with Crippen molar-refractivity contribution in [1.82, 2.24) is 10.3 Å². The highest BCUT2D eigenvalue weighted by molar-refractivity contribution is 9.11. The van der Waals surface area contributed by atoms with Gasteiger partial charge in [-0.05, 0) is 50.8 Å². The highest BCUT2D eigenvalue weighted by Crippen LogP contribution is 2.31. The molecule has 106 valence electrons. The molecule has 0 saturated carbocycles. The van der Waals surface area contributed by atoms with Crippen LogP contribution >= 0.6 is 31.9 Å². The summed E-state index contributed by atoms with van der Waals surface area (Å²) in [7, 11) is 1.73. The smallest absolute Gasteiger partial charge is 0.143 e. The number of hydrogen-bond acceptors (Lipinski definition) is 4. The first kappa shape index (κ1) is 15.2. The molecule has 1 aromatic heterocycles. The fraction of sp³-hybridized carbons (Fsp3) is 0.615. The van der Waals surface area contributed by atoms with Gasteiger partial charge in [-0.15, -0.1) is 0 Å². The van der Waals surface area contributed by atoms with E-state index in [1.165, 1.54) is 12.8 Å². The Morgan fingerprint density at radius 1 is 1.53 bits per heavy atom. The Kier molecular flexibility index (Phi) is 6.06. The highest BCUT2D eigenvalue weighted by atomic mass is 79.9. The molecule has 1 saturated heterocycles. The molecule has 6 heteroatoms. The van der Waals surface area contributed by atoms with Gasteiger partial charge in [-0.3, -0.25) is 0 Å². The summed E-state index contributed by atoms with van der Waals surface area (Å²) < 4.78 is 7.09. The van der Waals surface area contributed by atoms with Gasteiger partial charge in [0, 0.05) is 43.5 Å². The van der Waals surface area contributed by atoms with Gasteiger partial charge in [-0.2, -0.15) is 0 Å². The van der Waals surface area contributed by atoms with Crippen molar-refractivity contribution in [1.29, 1.82) is 0 Å². The van der Waals surface area contributed by atoms with E-state index < -0.39 is 0 Å². The largest absolute Gasteiger partial charge is 0.383 e. The fourth-order valence-electron chi connectivity index (χ4n) is 2.39. The first-order valence-corrected chi connectivity index (χ1v) is 8.08. The highest BCUT2D eigenvalue weighted by Gasteiger charge is 2.26. The van der Waals surface area contributed by atoms with Gasteiger partial charge in [0.25, 0.3) is 0 Å². The van der Waals surface area contributed by atoms with Gasteiger partial charge in [0.05, 0.1) is 11.1 Å². The first-order chi connectivity index (χ1) is 9.22. The third-order valence-electron chi connectivity index (χ3n) is 3.30. The number of halogens is 2. The summed E-state index contributed by atoms with van der Waals surface area (Å²) in [6.07, 6.45) is 4.29. The average Bonchev–Trinajstić information content (AvgIpc) is 2.83. The Balaban J connectivity index is 1.97. The van der Waals surface area contributed by atoms with E-state index in [9.17, 15) is 0 Å². The number of anilines is 1. The molecule has 0 radical (unpaired) electrons. The van der Waals surface area contributed by atoms with Crippen LogP contribution in [0.3, 0.4) is 0 Å². The molecule has 0 aliphatic carbocycles. The molecule has 4 nitrogen and oxygen atoms in total. The molecule has 0 amide bonds. The Labute approximate surface area is 131 Å². The summed E-state index contributed by atoms with van der Waals surface area (Å²) in [6, 6.07) is 2.57. The van der Waals surface area contributed by atoms with Crippen molar-refractivity contribution >= 4 is 37.7 Å². The minimum atomic E-state index is 0.516. The van der Waals surface area contributed by atoms with Crippen molar-refractivity contribution in [2.75, 3.05) is 38.3 Å². The van der Waals surface area contributed by atoms with E-state index in [1.54, 1.807) is 7.11 Å². The van der Waals surface area contributed by atoms with Gasteiger partial charge in [-0.1, -0.05) is 0 Å². The lowest BCUT2D eigenvalue weighted by atomic mass is 10.2. The number of ether oxygens (including phenoxy) is 1. The molecule has 1 atom stereocenters. The minimum Gasteiger partial charge on any atom is -0.383 e. The maximum atomic E-state index is 5.05. The van der Waals surface area contributed by atoms with Crippen LogP contribution in [0.5, 0.6) is 0 Å². The zero-order valence-corrected chi connectivity index (χ0v) is 14.2. The number of nitrogens with one attached hydrogen (secondary N) is 1. The molecule has 1 N–H and O–H groups in total. The minimum absolute atomic E-state index is 0.516. The number of nitrogens with zero attached hydrogens (tertiary/aromatic N) is 2. The molecule has 1 fully saturated rings. The molecular weight excluding hydrogens is 374 g/mol. The number of rotatable bonds is 6. The predicted molar refractivity (Wildman–Crippen MR) is 84.8 cm³/mol. The number of pyridine rings is 1. The molecule has 2 rings (SSSR count). The maximum absolute atomic E-state index is 5.05. The van der Waals surface area contributed by atoms with Gasteiger partial charge >= 0.3 is 0 Å². The third kappa shape index (κ3) is 4.15. The van der Waals surface area contributed by atoms with Gasteiger partial charge in [0.1, 0.15) is 5.82 Å². The van der Waals surface area contributed by atoms with Gasteiger partial charge in [-0.25, -0.2) is 4.98 Å². The summed E-state index contributed by atoms with van der Waals surface area (Å²) in [6.45, 7) is 3.71. The van der Waals surface area contributed by atoms with E-state index in [-0.39, 0.29) is 0 Å². The topological polar surface area (TPSA) is 37.4 Å². The molecule has 0 aromatic carbocycles. The molecule has 1 aliphatic rings. The van der Waals surface area contributed by atoms with Crippen molar-refractivity contribution in [3.05, 3.63) is 21.2 Å². The van der Waals surface area contributed by atoms with Gasteiger partial charge < -0.3 is 15.0 Å². The number of aromatic nitrogens is 1. The lowest BCUT2D eigenvalue weighted by Gasteiger charge is -2.27. The van der Waals surface area contributed by atoms with Crippen LogP contribution < -0.4 is 10.2 Å². The monoisotopic (exact) mass is 391 g/mol. The van der Waals surface area contributed by atoms with Crippen molar-refractivity contribution in [2.24, 2.45) is 0 Å². The van der Waals surface area contributed by atoms with Crippen LogP contribution in [0.2, 0.25) is 0 Å². The maximum Gasteiger partial charge on any atom is 0.143 e. The molecule has 0 spiro atoms. The van der Waals surface area contributed by atoms with Crippen LogP contribution in [0.4, 0.5) is 5.82 Å². The van der Waals surface area contributed by atoms with Gasteiger partial charge in [0.2, 0.25) is 0 Å². The fourth-order valence-corrected chi connectivity index (χ4v) is 3.60. The van der Waals surface area contributed by atoms with E-state index in [4.69, 9.17) is 4.74 Å². The molecule has 19 heavy (non-hydrogen) atoms. The molecule has 2 heterocycles. The normalized spacial score (nSPS) is 19.1. The van der Waals surface area contributed by atoms with Gasteiger partial charge in [0.15, 0.2) is 0 Å². The van der Waals surface area contributed by atoms with Crippen LogP contribution in [0, 0.1) is 0 Å². The van der Waals surface area contributed by atoms with Crippen LogP contribution in [0.15, 0.2) is 21.2 Å². The molecule has 1 aromatic rings. The Bertz CT molecular complexity index is 417. The second-order valence-electron chi connectivity index (χ2n) is 4.65. The van der Waals surface area contributed by atoms with Crippen LogP contribution in [-0.2, 0) is 4.74 Å². The second kappa shape index (κ2) is 7.57. The van der Waals surface area contributed by atoms with E-state index >= 15 is 0 Å². The quantitative estimate of drug-likeness (QED) is 0.755. The van der Waals surface area contributed by atoms with E-state index in [0.29, 0.717) is 6.04 Å². The summed E-state index contributed by atoms with van der Waals surface area (Å²) in [5.41, 5.74) is 0. The lowest BCUT2D eigenvalue weighted by Crippen LogP contribution is -2.39. The molecule has 0 bridgehead atoms. The summed E-state index contributed by atoms with van der Waals surface area (Å²) in [5, 5.41) is 3.44. The first-order valence-electron chi connectivity index (χ1n) is 6.49. The van der Waals surface area contributed by atoms with E-state index in [1.807, 2.05) is 6.20 Å². The van der Waals surface area contributed by atoms with Crippen LogP contribution in [-0.4, -0.2) is 44.4 Å². The third-order valence-corrected chi connectivity index (χ3v) is 4.32. The van der Waals surface area contributed by atoms with Crippen LogP contribution in [0.25, 0.3) is 0 Å². The molecular formula is C13H19Br2N3O. The predicted octanol–water partition coefficient (Wildman–Crippen LogP) is 2.81. The van der Waals surface area contributed by atoms with Crippen molar-refractivity contribution in [2.45, 2.75) is 18.9 Å². The summed E-state index contributed by atoms with van der Waals surface area (Å²) in [5.74, 6) is 1.04. The van der Waals surface area contributed by atoms with Crippen LogP contribution in [0.1, 0.15) is 12.8 Å².